The van der Waals surface area contributed by atoms with Crippen LogP contribution in [0.4, 0.5) is 13.2 Å². The minimum absolute atomic E-state index is 0.237. The van der Waals surface area contributed by atoms with Crippen LogP contribution in [-0.4, -0.2) is 17.3 Å². The van der Waals surface area contributed by atoms with Crippen molar-refractivity contribution in [1.29, 1.82) is 0 Å². The van der Waals surface area contributed by atoms with Gasteiger partial charge in [-0.2, -0.15) is 0 Å². The molecule has 3 rings (SSSR count). The molecule has 0 spiro atoms. The van der Waals surface area contributed by atoms with E-state index < -0.39 is 12.3 Å². The lowest BCUT2D eigenvalue weighted by atomic mass is 10.1. The molecule has 0 aliphatic heterocycles. The highest BCUT2D eigenvalue weighted by atomic mass is 32.1. The molecule has 134 valence electrons. The molecule has 0 bridgehead atoms. The van der Waals surface area contributed by atoms with Crippen LogP contribution in [0.5, 0.6) is 5.75 Å². The predicted molar refractivity (Wildman–Crippen MR) is 91.8 cm³/mol. The molecule has 3 aromatic rings. The number of ether oxygens (including phenoxy) is 1. The first-order valence-corrected chi connectivity index (χ1v) is 8.42. The summed E-state index contributed by atoms with van der Waals surface area (Å²) < 4.78 is 40.3. The van der Waals surface area contributed by atoms with Gasteiger partial charge in [0.1, 0.15) is 5.75 Å². The molecule has 0 aliphatic carbocycles. The van der Waals surface area contributed by atoms with Crippen LogP contribution in [-0.2, 0) is 6.54 Å². The standard InChI is InChI=1S/C18H13F3N2O2S/c19-18(20,21)25-14-7-5-12(6-8-14)17(24)23-11-13-3-1-9-22-16(13)15-4-2-10-26-15/h1-10H,11H2,(H,23,24). The van der Waals surface area contributed by atoms with Crippen molar-refractivity contribution in [3.8, 4) is 16.3 Å². The fraction of sp³-hybridized carbons (Fsp3) is 0.111. The van der Waals surface area contributed by atoms with E-state index in [0.29, 0.717) is 0 Å². The first-order chi connectivity index (χ1) is 12.4. The number of amides is 1. The zero-order valence-electron chi connectivity index (χ0n) is 13.3. The Hall–Kier alpha value is -2.87. The number of thiophene rings is 1. The summed E-state index contributed by atoms with van der Waals surface area (Å²) in [5.74, 6) is -0.772. The van der Waals surface area contributed by atoms with E-state index in [4.69, 9.17) is 0 Å². The summed E-state index contributed by atoms with van der Waals surface area (Å²) in [6.45, 7) is 0.251. The van der Waals surface area contributed by atoms with Gasteiger partial charge in [-0.05, 0) is 47.3 Å². The number of carbonyl (C=O) groups excluding carboxylic acids is 1. The van der Waals surface area contributed by atoms with Crippen LogP contribution in [0.25, 0.3) is 10.6 Å². The van der Waals surface area contributed by atoms with Crippen LogP contribution >= 0.6 is 11.3 Å². The highest BCUT2D eigenvalue weighted by molar-refractivity contribution is 7.13. The lowest BCUT2D eigenvalue weighted by Gasteiger charge is -2.10. The SMILES string of the molecule is O=C(NCc1cccnc1-c1cccs1)c1ccc(OC(F)(F)F)cc1. The Morgan fingerprint density at radius 3 is 2.54 bits per heavy atom. The second-order valence-corrected chi connectivity index (χ2v) is 6.19. The van der Waals surface area contributed by atoms with Crippen molar-refractivity contribution in [3.63, 3.8) is 0 Å². The van der Waals surface area contributed by atoms with Crippen molar-refractivity contribution in [2.24, 2.45) is 0 Å². The molecule has 1 aromatic carbocycles. The summed E-state index contributed by atoms with van der Waals surface area (Å²) in [7, 11) is 0. The van der Waals surface area contributed by atoms with E-state index in [0.717, 1.165) is 28.3 Å². The highest BCUT2D eigenvalue weighted by Crippen LogP contribution is 2.26. The van der Waals surface area contributed by atoms with E-state index in [1.54, 1.807) is 23.6 Å². The van der Waals surface area contributed by atoms with Crippen molar-refractivity contribution in [3.05, 3.63) is 71.2 Å². The summed E-state index contributed by atoms with van der Waals surface area (Å²) >= 11 is 1.55. The van der Waals surface area contributed by atoms with Crippen LogP contribution in [0, 0.1) is 0 Å². The maximum atomic E-state index is 12.2. The smallest absolute Gasteiger partial charge is 0.406 e. The molecular weight excluding hydrogens is 365 g/mol. The number of hydrogen-bond donors (Lipinski definition) is 1. The number of benzene rings is 1. The minimum Gasteiger partial charge on any atom is -0.406 e. The van der Waals surface area contributed by atoms with E-state index in [9.17, 15) is 18.0 Å². The molecule has 1 amide bonds. The monoisotopic (exact) mass is 378 g/mol. The van der Waals surface area contributed by atoms with Crippen molar-refractivity contribution in [2.75, 3.05) is 0 Å². The van der Waals surface area contributed by atoms with Gasteiger partial charge in [-0.15, -0.1) is 24.5 Å². The van der Waals surface area contributed by atoms with Crippen LogP contribution in [0.3, 0.4) is 0 Å². The van der Waals surface area contributed by atoms with E-state index in [1.165, 1.54) is 12.1 Å². The minimum atomic E-state index is -4.76. The molecule has 0 atom stereocenters. The Morgan fingerprint density at radius 2 is 1.88 bits per heavy atom. The maximum Gasteiger partial charge on any atom is 0.573 e. The molecular formula is C18H13F3N2O2S. The predicted octanol–water partition coefficient (Wildman–Crippen LogP) is 4.64. The second kappa shape index (κ2) is 7.57. The first-order valence-electron chi connectivity index (χ1n) is 7.54. The summed E-state index contributed by atoms with van der Waals surface area (Å²) in [5.41, 5.74) is 1.87. The van der Waals surface area contributed by atoms with E-state index in [2.05, 4.69) is 15.0 Å². The van der Waals surface area contributed by atoms with Gasteiger partial charge >= 0.3 is 6.36 Å². The Bertz CT molecular complexity index is 878. The molecule has 0 saturated carbocycles. The number of alkyl halides is 3. The molecule has 2 aromatic heterocycles. The highest BCUT2D eigenvalue weighted by Gasteiger charge is 2.31. The molecule has 0 radical (unpaired) electrons. The summed E-state index contributed by atoms with van der Waals surface area (Å²) in [6, 6.07) is 12.3. The average Bonchev–Trinajstić information content (AvgIpc) is 3.13. The molecule has 1 N–H and O–H groups in total. The van der Waals surface area contributed by atoms with Crippen LogP contribution < -0.4 is 10.1 Å². The fourth-order valence-corrected chi connectivity index (χ4v) is 3.06. The van der Waals surface area contributed by atoms with Gasteiger partial charge in [-0.25, -0.2) is 0 Å². The number of pyridine rings is 1. The molecule has 4 nitrogen and oxygen atoms in total. The number of hydrogen-bond acceptors (Lipinski definition) is 4. The quantitative estimate of drug-likeness (QED) is 0.704. The van der Waals surface area contributed by atoms with Crippen molar-refractivity contribution in [2.45, 2.75) is 12.9 Å². The first kappa shape index (κ1) is 17.9. The van der Waals surface area contributed by atoms with Crippen LogP contribution in [0.15, 0.2) is 60.1 Å². The van der Waals surface area contributed by atoms with Crippen molar-refractivity contribution >= 4 is 17.2 Å². The number of carbonyl (C=O) groups is 1. The van der Waals surface area contributed by atoms with Crippen molar-refractivity contribution in [1.82, 2.24) is 10.3 Å². The van der Waals surface area contributed by atoms with E-state index in [-0.39, 0.29) is 17.9 Å². The third kappa shape index (κ3) is 4.60. The summed E-state index contributed by atoms with van der Waals surface area (Å²) in [4.78, 5) is 17.6. The maximum absolute atomic E-state index is 12.2. The average molecular weight is 378 g/mol. The normalized spacial score (nSPS) is 11.2. The van der Waals surface area contributed by atoms with Gasteiger partial charge in [0.05, 0.1) is 10.6 Å². The number of aromatic nitrogens is 1. The summed E-state index contributed by atoms with van der Waals surface area (Å²) in [6.07, 6.45) is -3.08. The Labute approximate surface area is 151 Å². The third-order valence-corrected chi connectivity index (χ3v) is 4.31. The molecule has 0 fully saturated rings. The van der Waals surface area contributed by atoms with Gasteiger partial charge < -0.3 is 10.1 Å². The molecule has 26 heavy (non-hydrogen) atoms. The van der Waals surface area contributed by atoms with Gasteiger partial charge in [0.15, 0.2) is 0 Å². The van der Waals surface area contributed by atoms with Gasteiger partial charge in [-0.3, -0.25) is 9.78 Å². The number of rotatable bonds is 5. The second-order valence-electron chi connectivity index (χ2n) is 5.24. The van der Waals surface area contributed by atoms with Crippen molar-refractivity contribution < 1.29 is 22.7 Å². The molecule has 0 saturated heterocycles. The Morgan fingerprint density at radius 1 is 1.12 bits per heavy atom. The third-order valence-electron chi connectivity index (χ3n) is 3.44. The molecule has 2 heterocycles. The number of nitrogens with zero attached hydrogens (tertiary/aromatic N) is 1. The lowest BCUT2D eigenvalue weighted by Crippen LogP contribution is -2.23. The van der Waals surface area contributed by atoms with E-state index >= 15 is 0 Å². The lowest BCUT2D eigenvalue weighted by molar-refractivity contribution is -0.274. The molecule has 0 aliphatic rings. The van der Waals surface area contributed by atoms with Gasteiger partial charge in [0.2, 0.25) is 0 Å². The van der Waals surface area contributed by atoms with Crippen LogP contribution in [0.1, 0.15) is 15.9 Å². The number of halogens is 3. The largest absolute Gasteiger partial charge is 0.573 e. The molecule has 8 heteroatoms. The number of nitrogens with one attached hydrogen (secondary N) is 1. The molecule has 0 unspecified atom stereocenters. The van der Waals surface area contributed by atoms with Gasteiger partial charge in [-0.1, -0.05) is 12.1 Å². The zero-order chi connectivity index (χ0) is 18.6. The Kier molecular flexibility index (Phi) is 5.22. The fourth-order valence-electron chi connectivity index (χ4n) is 2.30. The van der Waals surface area contributed by atoms with Gasteiger partial charge in [0.25, 0.3) is 5.91 Å². The summed E-state index contributed by atoms with van der Waals surface area (Å²) in [5, 5.41) is 4.69. The zero-order valence-corrected chi connectivity index (χ0v) is 14.1. The Balaban J connectivity index is 1.66. The van der Waals surface area contributed by atoms with E-state index in [1.807, 2.05) is 23.6 Å². The van der Waals surface area contributed by atoms with Gasteiger partial charge in [0, 0.05) is 18.3 Å². The van der Waals surface area contributed by atoms with Crippen LogP contribution in [0.2, 0.25) is 0 Å². The topological polar surface area (TPSA) is 51.2 Å².